The van der Waals surface area contributed by atoms with E-state index in [4.69, 9.17) is 16.6 Å². The van der Waals surface area contributed by atoms with Gasteiger partial charge in [0.25, 0.3) is 0 Å². The summed E-state index contributed by atoms with van der Waals surface area (Å²) in [6.45, 7) is 2.17. The predicted octanol–water partition coefficient (Wildman–Crippen LogP) is 3.42. The average Bonchev–Trinajstić information content (AvgIpc) is 2.62. The Labute approximate surface area is 120 Å². The van der Waals surface area contributed by atoms with Crippen molar-refractivity contribution in [2.45, 2.75) is 63.5 Å². The maximum Gasteiger partial charge on any atom is 0.133 e. The van der Waals surface area contributed by atoms with Gasteiger partial charge in [0.05, 0.1) is 0 Å². The van der Waals surface area contributed by atoms with Crippen LogP contribution in [0.5, 0.6) is 0 Å². The minimum Gasteiger partial charge on any atom is -0.300 e. The SMILES string of the molecule is CCCc1cc(Cl)nc(C2CC3CCC(C2)N3C)n1. The molecule has 0 aliphatic carbocycles. The van der Waals surface area contributed by atoms with Gasteiger partial charge < -0.3 is 4.90 Å². The van der Waals surface area contributed by atoms with Crippen LogP contribution in [0.3, 0.4) is 0 Å². The van der Waals surface area contributed by atoms with E-state index in [9.17, 15) is 0 Å². The van der Waals surface area contributed by atoms with Crippen LogP contribution in [0.15, 0.2) is 6.07 Å². The fourth-order valence-electron chi connectivity index (χ4n) is 3.67. The molecule has 0 spiro atoms. The highest BCUT2D eigenvalue weighted by Crippen LogP contribution is 2.41. The van der Waals surface area contributed by atoms with E-state index < -0.39 is 0 Å². The number of aryl methyl sites for hydroxylation is 1. The highest BCUT2D eigenvalue weighted by Gasteiger charge is 2.39. The van der Waals surface area contributed by atoms with E-state index in [1.54, 1.807) is 0 Å². The summed E-state index contributed by atoms with van der Waals surface area (Å²) in [6.07, 6.45) is 7.15. The molecule has 3 nitrogen and oxygen atoms in total. The minimum absolute atomic E-state index is 0.503. The number of hydrogen-bond donors (Lipinski definition) is 0. The van der Waals surface area contributed by atoms with Gasteiger partial charge in [-0.15, -0.1) is 0 Å². The monoisotopic (exact) mass is 279 g/mol. The summed E-state index contributed by atoms with van der Waals surface area (Å²) in [4.78, 5) is 11.8. The molecule has 3 heterocycles. The van der Waals surface area contributed by atoms with Crippen LogP contribution < -0.4 is 0 Å². The van der Waals surface area contributed by atoms with Gasteiger partial charge in [-0.3, -0.25) is 0 Å². The lowest BCUT2D eigenvalue weighted by atomic mass is 9.90. The van der Waals surface area contributed by atoms with Crippen molar-refractivity contribution in [1.82, 2.24) is 14.9 Å². The standard InChI is InChI=1S/C15H22ClN3/c1-3-4-11-9-14(16)18-15(17-11)10-7-12-5-6-13(8-10)19(12)2/h9-10,12-13H,3-8H2,1-2H3. The molecule has 104 valence electrons. The van der Waals surface area contributed by atoms with Crippen LogP contribution in [0.1, 0.15) is 56.5 Å². The van der Waals surface area contributed by atoms with E-state index in [0.717, 1.165) is 36.4 Å². The molecule has 2 fully saturated rings. The first-order valence-corrected chi connectivity index (χ1v) is 7.80. The lowest BCUT2D eigenvalue weighted by Crippen LogP contribution is -2.39. The molecule has 2 bridgehead atoms. The molecule has 0 amide bonds. The number of aromatic nitrogens is 2. The molecule has 2 atom stereocenters. The molecule has 2 saturated heterocycles. The summed E-state index contributed by atoms with van der Waals surface area (Å²) in [7, 11) is 2.26. The van der Waals surface area contributed by atoms with Crippen LogP contribution in [0.2, 0.25) is 5.15 Å². The van der Waals surface area contributed by atoms with E-state index in [1.807, 2.05) is 6.07 Å². The average molecular weight is 280 g/mol. The zero-order valence-electron chi connectivity index (χ0n) is 11.8. The molecular weight excluding hydrogens is 258 g/mol. The van der Waals surface area contributed by atoms with Crippen molar-refractivity contribution in [1.29, 1.82) is 0 Å². The van der Waals surface area contributed by atoms with Gasteiger partial charge in [0, 0.05) is 23.7 Å². The van der Waals surface area contributed by atoms with E-state index in [1.165, 1.54) is 25.7 Å². The van der Waals surface area contributed by atoms with Crippen LogP contribution in [0.25, 0.3) is 0 Å². The van der Waals surface area contributed by atoms with Crippen molar-refractivity contribution in [3.8, 4) is 0 Å². The third-order valence-electron chi connectivity index (χ3n) is 4.73. The number of fused-ring (bicyclic) bond motifs is 2. The topological polar surface area (TPSA) is 29.0 Å². The summed E-state index contributed by atoms with van der Waals surface area (Å²) in [6, 6.07) is 3.36. The molecule has 19 heavy (non-hydrogen) atoms. The zero-order valence-corrected chi connectivity index (χ0v) is 12.5. The van der Waals surface area contributed by atoms with E-state index in [0.29, 0.717) is 11.1 Å². The number of rotatable bonds is 3. The lowest BCUT2D eigenvalue weighted by Gasteiger charge is -2.35. The Bertz CT molecular complexity index is 449. The van der Waals surface area contributed by atoms with Gasteiger partial charge in [0.1, 0.15) is 11.0 Å². The second-order valence-corrected chi connectivity index (χ2v) is 6.40. The largest absolute Gasteiger partial charge is 0.300 e. The molecule has 2 aliphatic rings. The van der Waals surface area contributed by atoms with Gasteiger partial charge in [-0.05, 0) is 45.2 Å². The fourth-order valence-corrected chi connectivity index (χ4v) is 3.89. The third-order valence-corrected chi connectivity index (χ3v) is 4.93. The normalized spacial score (nSPS) is 30.8. The number of nitrogens with zero attached hydrogens (tertiary/aromatic N) is 3. The van der Waals surface area contributed by atoms with Gasteiger partial charge in [0.2, 0.25) is 0 Å². The summed E-state index contributed by atoms with van der Waals surface area (Å²) in [5.74, 6) is 1.49. The second-order valence-electron chi connectivity index (χ2n) is 6.01. The Morgan fingerprint density at radius 1 is 1.26 bits per heavy atom. The quantitative estimate of drug-likeness (QED) is 0.794. The number of halogens is 1. The Morgan fingerprint density at radius 2 is 1.95 bits per heavy atom. The van der Waals surface area contributed by atoms with Gasteiger partial charge in [0.15, 0.2) is 0 Å². The molecule has 4 heteroatoms. The van der Waals surface area contributed by atoms with Crippen LogP contribution in [0, 0.1) is 0 Å². The molecule has 0 N–H and O–H groups in total. The number of piperidine rings is 1. The van der Waals surface area contributed by atoms with Gasteiger partial charge >= 0.3 is 0 Å². The maximum atomic E-state index is 6.16. The Hall–Kier alpha value is -0.670. The van der Waals surface area contributed by atoms with Crippen LogP contribution >= 0.6 is 11.6 Å². The van der Waals surface area contributed by atoms with Crippen molar-refractivity contribution in [2.24, 2.45) is 0 Å². The number of hydrogen-bond acceptors (Lipinski definition) is 3. The van der Waals surface area contributed by atoms with Crippen molar-refractivity contribution in [3.05, 3.63) is 22.7 Å². The van der Waals surface area contributed by atoms with Crippen molar-refractivity contribution in [2.75, 3.05) is 7.05 Å². The molecule has 0 aromatic carbocycles. The lowest BCUT2D eigenvalue weighted by molar-refractivity contribution is 0.159. The zero-order chi connectivity index (χ0) is 13.4. The highest BCUT2D eigenvalue weighted by atomic mass is 35.5. The molecule has 2 unspecified atom stereocenters. The van der Waals surface area contributed by atoms with E-state index in [2.05, 4.69) is 23.9 Å². The van der Waals surface area contributed by atoms with E-state index in [-0.39, 0.29) is 0 Å². The molecule has 1 aromatic heterocycles. The Kier molecular flexibility index (Phi) is 3.77. The van der Waals surface area contributed by atoms with Crippen molar-refractivity contribution >= 4 is 11.6 Å². The predicted molar refractivity (Wildman–Crippen MR) is 77.6 cm³/mol. The van der Waals surface area contributed by atoms with E-state index >= 15 is 0 Å². The van der Waals surface area contributed by atoms with Gasteiger partial charge in [-0.25, -0.2) is 9.97 Å². The Balaban J connectivity index is 1.82. The second kappa shape index (κ2) is 5.37. The molecule has 2 aliphatic heterocycles. The first kappa shape index (κ1) is 13.3. The maximum absolute atomic E-state index is 6.16. The van der Waals surface area contributed by atoms with Crippen LogP contribution in [-0.4, -0.2) is 34.0 Å². The fraction of sp³-hybridized carbons (Fsp3) is 0.733. The van der Waals surface area contributed by atoms with Crippen molar-refractivity contribution in [3.63, 3.8) is 0 Å². The molecule has 0 radical (unpaired) electrons. The van der Waals surface area contributed by atoms with Crippen LogP contribution in [0.4, 0.5) is 0 Å². The summed E-state index contributed by atoms with van der Waals surface area (Å²) in [5, 5.41) is 0.611. The molecular formula is C15H22ClN3. The van der Waals surface area contributed by atoms with Crippen LogP contribution in [-0.2, 0) is 6.42 Å². The minimum atomic E-state index is 0.503. The first-order valence-electron chi connectivity index (χ1n) is 7.42. The summed E-state index contributed by atoms with van der Waals surface area (Å²) >= 11 is 6.16. The summed E-state index contributed by atoms with van der Waals surface area (Å²) in [5.41, 5.74) is 1.10. The van der Waals surface area contributed by atoms with Gasteiger partial charge in [-0.2, -0.15) is 0 Å². The first-order chi connectivity index (χ1) is 9.17. The molecule has 0 saturated carbocycles. The summed E-state index contributed by atoms with van der Waals surface area (Å²) < 4.78 is 0. The van der Waals surface area contributed by atoms with Crippen molar-refractivity contribution < 1.29 is 0 Å². The Morgan fingerprint density at radius 3 is 2.58 bits per heavy atom. The molecule has 3 rings (SSSR count). The smallest absolute Gasteiger partial charge is 0.133 e. The van der Waals surface area contributed by atoms with Gasteiger partial charge in [-0.1, -0.05) is 24.9 Å². The third kappa shape index (κ3) is 2.63. The molecule has 1 aromatic rings. The highest BCUT2D eigenvalue weighted by molar-refractivity contribution is 6.29.